The zero-order valence-electron chi connectivity index (χ0n) is 9.99. The molecule has 2 rings (SSSR count). The largest absolute Gasteiger partial charge is 0.341 e. The molecule has 0 radical (unpaired) electrons. The molecule has 0 saturated heterocycles. The third-order valence-corrected chi connectivity index (χ3v) is 4.34. The molecule has 0 spiro atoms. The van der Waals surface area contributed by atoms with Crippen LogP contribution in [0.25, 0.3) is 0 Å². The van der Waals surface area contributed by atoms with Gasteiger partial charge in [-0.3, -0.25) is 5.32 Å². The van der Waals surface area contributed by atoms with Crippen LogP contribution in [-0.2, 0) is 16.5 Å². The molecule has 0 fully saturated rings. The number of nitrogens with one attached hydrogen (secondary N) is 1. The second-order valence-corrected chi connectivity index (χ2v) is 6.10. The van der Waals surface area contributed by atoms with Gasteiger partial charge in [0.25, 0.3) is 0 Å². The Kier molecular flexibility index (Phi) is 4.17. The average Bonchev–Trinajstić information content (AvgIpc) is 2.89. The van der Waals surface area contributed by atoms with Crippen molar-refractivity contribution in [3.05, 3.63) is 54.9 Å². The first kappa shape index (κ1) is 12.9. The van der Waals surface area contributed by atoms with Gasteiger partial charge in [0.15, 0.2) is 9.84 Å². The second-order valence-electron chi connectivity index (χ2n) is 3.99. The van der Waals surface area contributed by atoms with Gasteiger partial charge in [-0.2, -0.15) is 0 Å². The van der Waals surface area contributed by atoms with Crippen LogP contribution < -0.4 is 5.32 Å². The van der Waals surface area contributed by atoms with Crippen LogP contribution in [0.3, 0.4) is 0 Å². The standard InChI is InChI=1S/C13H16N2O2S/c16-18(17,13-6-2-1-3-7-13)11-8-14-12-15-9-4-5-10-15/h1-7,9-10,14H,8,11-12H2. The molecule has 4 nitrogen and oxygen atoms in total. The fourth-order valence-corrected chi connectivity index (χ4v) is 2.86. The molecule has 1 aromatic carbocycles. The Morgan fingerprint density at radius 1 is 1.00 bits per heavy atom. The molecule has 0 amide bonds. The summed E-state index contributed by atoms with van der Waals surface area (Å²) in [5, 5.41) is 3.10. The van der Waals surface area contributed by atoms with E-state index in [2.05, 4.69) is 5.32 Å². The minimum absolute atomic E-state index is 0.109. The minimum Gasteiger partial charge on any atom is -0.341 e. The summed E-state index contributed by atoms with van der Waals surface area (Å²) in [6.07, 6.45) is 3.86. The second kappa shape index (κ2) is 5.84. The molecule has 0 bridgehead atoms. The first-order valence-corrected chi connectivity index (χ1v) is 7.43. The van der Waals surface area contributed by atoms with E-state index in [1.807, 2.05) is 35.2 Å². The maximum Gasteiger partial charge on any atom is 0.179 e. The van der Waals surface area contributed by atoms with Gasteiger partial charge in [-0.1, -0.05) is 18.2 Å². The van der Waals surface area contributed by atoms with Crippen LogP contribution >= 0.6 is 0 Å². The zero-order chi connectivity index (χ0) is 12.8. The fourth-order valence-electron chi connectivity index (χ4n) is 1.64. The molecule has 0 atom stereocenters. The first-order valence-electron chi connectivity index (χ1n) is 5.78. The van der Waals surface area contributed by atoms with Crippen LogP contribution in [0.2, 0.25) is 0 Å². The van der Waals surface area contributed by atoms with Gasteiger partial charge in [-0.15, -0.1) is 0 Å². The van der Waals surface area contributed by atoms with E-state index in [-0.39, 0.29) is 5.75 Å². The maximum atomic E-state index is 11.9. The number of rotatable bonds is 6. The third kappa shape index (κ3) is 3.45. The van der Waals surface area contributed by atoms with E-state index in [4.69, 9.17) is 0 Å². The van der Waals surface area contributed by atoms with Crippen LogP contribution in [0, 0.1) is 0 Å². The van der Waals surface area contributed by atoms with Gasteiger partial charge in [0.05, 0.1) is 17.3 Å². The summed E-state index contributed by atoms with van der Waals surface area (Å²) in [7, 11) is -3.17. The van der Waals surface area contributed by atoms with E-state index < -0.39 is 9.84 Å². The van der Waals surface area contributed by atoms with Gasteiger partial charge in [-0.25, -0.2) is 8.42 Å². The lowest BCUT2D eigenvalue weighted by atomic mass is 10.4. The maximum absolute atomic E-state index is 11.9. The van der Waals surface area contributed by atoms with Crippen molar-refractivity contribution >= 4 is 9.84 Å². The monoisotopic (exact) mass is 264 g/mol. The molecule has 1 N–H and O–H groups in total. The van der Waals surface area contributed by atoms with Crippen LogP contribution in [0.15, 0.2) is 59.8 Å². The summed E-state index contributed by atoms with van der Waals surface area (Å²) < 4.78 is 25.8. The number of sulfone groups is 1. The molecule has 0 unspecified atom stereocenters. The lowest BCUT2D eigenvalue weighted by Gasteiger charge is -2.07. The lowest BCUT2D eigenvalue weighted by Crippen LogP contribution is -2.24. The normalized spacial score (nSPS) is 11.6. The van der Waals surface area contributed by atoms with Gasteiger partial charge in [0, 0.05) is 18.9 Å². The highest BCUT2D eigenvalue weighted by atomic mass is 32.2. The summed E-state index contributed by atoms with van der Waals surface area (Å²) in [5.74, 6) is 0.109. The van der Waals surface area contributed by atoms with Crippen molar-refractivity contribution in [3.8, 4) is 0 Å². The van der Waals surface area contributed by atoms with Gasteiger partial charge in [0.1, 0.15) is 0 Å². The molecule has 2 aromatic rings. The Balaban J connectivity index is 1.83. The topological polar surface area (TPSA) is 51.1 Å². The van der Waals surface area contributed by atoms with Crippen molar-refractivity contribution in [2.45, 2.75) is 11.6 Å². The smallest absolute Gasteiger partial charge is 0.179 e. The molecular weight excluding hydrogens is 248 g/mol. The lowest BCUT2D eigenvalue weighted by molar-refractivity contribution is 0.563. The van der Waals surface area contributed by atoms with Crippen LogP contribution in [0.1, 0.15) is 0 Å². The molecule has 96 valence electrons. The number of benzene rings is 1. The summed E-state index contributed by atoms with van der Waals surface area (Å²) in [6.45, 7) is 1.06. The zero-order valence-corrected chi connectivity index (χ0v) is 10.8. The van der Waals surface area contributed by atoms with Gasteiger partial charge < -0.3 is 4.57 Å². The van der Waals surface area contributed by atoms with Crippen molar-refractivity contribution in [1.29, 1.82) is 0 Å². The highest BCUT2D eigenvalue weighted by molar-refractivity contribution is 7.91. The van der Waals surface area contributed by atoms with E-state index in [0.29, 0.717) is 18.1 Å². The molecule has 1 aromatic heterocycles. The highest BCUT2D eigenvalue weighted by Gasteiger charge is 2.12. The predicted octanol–water partition coefficient (Wildman–Crippen LogP) is 1.51. The number of hydrogen-bond donors (Lipinski definition) is 1. The molecule has 0 aliphatic carbocycles. The quantitative estimate of drug-likeness (QED) is 0.805. The summed E-state index contributed by atoms with van der Waals surface area (Å²) in [4.78, 5) is 0.382. The molecule has 18 heavy (non-hydrogen) atoms. The molecule has 0 saturated carbocycles. The molecule has 0 aliphatic rings. The molecule has 0 aliphatic heterocycles. The van der Waals surface area contributed by atoms with Gasteiger partial charge in [-0.05, 0) is 24.3 Å². The summed E-state index contributed by atoms with van der Waals surface area (Å²) in [5.41, 5.74) is 0. The van der Waals surface area contributed by atoms with Gasteiger partial charge in [0.2, 0.25) is 0 Å². The Hall–Kier alpha value is -1.59. The fraction of sp³-hybridized carbons (Fsp3) is 0.231. The molecule has 1 heterocycles. The van der Waals surface area contributed by atoms with Crippen molar-refractivity contribution < 1.29 is 8.42 Å². The molecular formula is C13H16N2O2S. The van der Waals surface area contributed by atoms with E-state index >= 15 is 0 Å². The van der Waals surface area contributed by atoms with Crippen LogP contribution in [-0.4, -0.2) is 25.3 Å². The number of aromatic nitrogens is 1. The van der Waals surface area contributed by atoms with Crippen molar-refractivity contribution in [2.75, 3.05) is 12.3 Å². The Bertz CT molecular complexity index is 562. The van der Waals surface area contributed by atoms with Crippen LogP contribution in [0.5, 0.6) is 0 Å². The summed E-state index contributed by atoms with van der Waals surface area (Å²) in [6, 6.07) is 12.4. The average molecular weight is 264 g/mol. The minimum atomic E-state index is -3.17. The first-order chi connectivity index (χ1) is 8.68. The van der Waals surface area contributed by atoms with Gasteiger partial charge >= 0.3 is 0 Å². The van der Waals surface area contributed by atoms with E-state index in [1.165, 1.54) is 0 Å². The number of nitrogens with zero attached hydrogens (tertiary/aromatic N) is 1. The van der Waals surface area contributed by atoms with Crippen molar-refractivity contribution in [3.63, 3.8) is 0 Å². The third-order valence-electron chi connectivity index (χ3n) is 2.61. The molecule has 5 heteroatoms. The Morgan fingerprint density at radius 3 is 2.33 bits per heavy atom. The van der Waals surface area contributed by atoms with E-state index in [9.17, 15) is 8.42 Å². The Morgan fingerprint density at radius 2 is 1.67 bits per heavy atom. The van der Waals surface area contributed by atoms with E-state index in [1.54, 1.807) is 24.3 Å². The predicted molar refractivity (Wildman–Crippen MR) is 70.9 cm³/mol. The van der Waals surface area contributed by atoms with Crippen molar-refractivity contribution in [1.82, 2.24) is 9.88 Å². The van der Waals surface area contributed by atoms with Crippen LogP contribution in [0.4, 0.5) is 0 Å². The van der Waals surface area contributed by atoms with Crippen molar-refractivity contribution in [2.24, 2.45) is 0 Å². The SMILES string of the molecule is O=S(=O)(CCNCn1cccc1)c1ccccc1. The Labute approximate surface area is 107 Å². The summed E-state index contributed by atoms with van der Waals surface area (Å²) >= 11 is 0. The number of hydrogen-bond acceptors (Lipinski definition) is 3. The highest BCUT2D eigenvalue weighted by Crippen LogP contribution is 2.09. The van der Waals surface area contributed by atoms with E-state index in [0.717, 1.165) is 0 Å².